The average molecular weight is 273 g/mol. The van der Waals surface area contributed by atoms with E-state index < -0.39 is 0 Å². The topological polar surface area (TPSA) is 41.6 Å². The second-order valence-corrected chi connectivity index (χ2v) is 5.41. The van der Waals surface area contributed by atoms with Gasteiger partial charge in [-0.05, 0) is 38.1 Å². The van der Waals surface area contributed by atoms with Gasteiger partial charge in [-0.25, -0.2) is 9.97 Å². The van der Waals surface area contributed by atoms with Crippen molar-refractivity contribution in [3.8, 4) is 11.4 Å². The summed E-state index contributed by atoms with van der Waals surface area (Å²) in [7, 11) is 0. The van der Waals surface area contributed by atoms with Gasteiger partial charge in [0.25, 0.3) is 0 Å². The molecule has 2 aromatic carbocycles. The molecule has 4 aromatic rings. The Hall–Kier alpha value is -2.68. The first kappa shape index (κ1) is 12.1. The highest BCUT2D eigenvalue weighted by Gasteiger charge is 2.11. The summed E-state index contributed by atoms with van der Waals surface area (Å²) in [5, 5.41) is 2.29. The minimum absolute atomic E-state index is 0.792. The Labute approximate surface area is 122 Å². The van der Waals surface area contributed by atoms with E-state index in [-0.39, 0.29) is 0 Å². The van der Waals surface area contributed by atoms with E-state index >= 15 is 0 Å². The summed E-state index contributed by atoms with van der Waals surface area (Å²) in [6, 6.07) is 16.7. The summed E-state index contributed by atoms with van der Waals surface area (Å²) in [4.78, 5) is 12.7. The van der Waals surface area contributed by atoms with Crippen LogP contribution in [0.3, 0.4) is 0 Å². The van der Waals surface area contributed by atoms with Crippen LogP contribution in [-0.4, -0.2) is 15.0 Å². The van der Waals surface area contributed by atoms with Crippen LogP contribution in [0.25, 0.3) is 33.2 Å². The van der Waals surface area contributed by atoms with E-state index in [1.54, 1.807) is 0 Å². The Morgan fingerprint density at radius 1 is 0.905 bits per heavy atom. The number of aromatic nitrogens is 3. The highest BCUT2D eigenvalue weighted by atomic mass is 14.9. The summed E-state index contributed by atoms with van der Waals surface area (Å²) in [6.07, 6.45) is 0. The summed E-state index contributed by atoms with van der Waals surface area (Å²) >= 11 is 0. The first-order chi connectivity index (χ1) is 10.2. The number of aromatic amines is 1. The van der Waals surface area contributed by atoms with Crippen molar-refractivity contribution in [2.45, 2.75) is 13.8 Å². The molecule has 0 aliphatic carbocycles. The van der Waals surface area contributed by atoms with Crippen LogP contribution in [0.2, 0.25) is 0 Å². The molecule has 102 valence electrons. The van der Waals surface area contributed by atoms with Crippen LogP contribution in [0.5, 0.6) is 0 Å². The molecule has 0 fully saturated rings. The predicted molar refractivity (Wildman–Crippen MR) is 86.3 cm³/mol. The molecule has 0 spiro atoms. The predicted octanol–water partition coefficient (Wildman–Crippen LogP) is 4.39. The lowest BCUT2D eigenvalue weighted by Gasteiger charge is -2.06. The molecular formula is C18H15N3. The Morgan fingerprint density at radius 3 is 2.62 bits per heavy atom. The lowest BCUT2D eigenvalue weighted by molar-refractivity contribution is 1.09. The van der Waals surface area contributed by atoms with Crippen LogP contribution in [0.15, 0.2) is 48.5 Å². The van der Waals surface area contributed by atoms with Gasteiger partial charge in [-0.2, -0.15) is 0 Å². The third-order valence-corrected chi connectivity index (χ3v) is 3.75. The molecular weight excluding hydrogens is 258 g/mol. The fourth-order valence-corrected chi connectivity index (χ4v) is 2.76. The first-order valence-corrected chi connectivity index (χ1v) is 7.04. The quantitative estimate of drug-likeness (QED) is 0.558. The molecule has 1 N–H and O–H groups in total. The molecule has 0 atom stereocenters. The van der Waals surface area contributed by atoms with Crippen molar-refractivity contribution in [1.82, 2.24) is 15.0 Å². The molecule has 21 heavy (non-hydrogen) atoms. The zero-order chi connectivity index (χ0) is 14.4. The van der Waals surface area contributed by atoms with Gasteiger partial charge in [0.15, 0.2) is 0 Å². The second kappa shape index (κ2) is 4.42. The summed E-state index contributed by atoms with van der Waals surface area (Å²) < 4.78 is 0. The van der Waals surface area contributed by atoms with E-state index in [2.05, 4.69) is 58.3 Å². The van der Waals surface area contributed by atoms with Gasteiger partial charge in [-0.3, -0.25) is 0 Å². The number of fused-ring (bicyclic) bond motifs is 2. The monoisotopic (exact) mass is 273 g/mol. The minimum atomic E-state index is 0.792. The molecule has 3 heteroatoms. The standard InChI is InChI=1S/C18H15N3/c1-11-7-8-16-14(9-11)18(20-12(2)19-16)17-10-13-5-3-4-6-15(13)21-17/h3-10,21H,1-2H3. The van der Waals surface area contributed by atoms with E-state index in [1.807, 2.05) is 19.1 Å². The number of aryl methyl sites for hydroxylation is 2. The largest absolute Gasteiger partial charge is 0.353 e. The van der Waals surface area contributed by atoms with E-state index in [1.165, 1.54) is 10.9 Å². The zero-order valence-corrected chi connectivity index (χ0v) is 12.0. The van der Waals surface area contributed by atoms with Gasteiger partial charge in [0.1, 0.15) is 5.82 Å². The smallest absolute Gasteiger partial charge is 0.126 e. The van der Waals surface area contributed by atoms with Crippen LogP contribution < -0.4 is 0 Å². The molecule has 0 bridgehead atoms. The number of nitrogens with one attached hydrogen (secondary N) is 1. The van der Waals surface area contributed by atoms with Gasteiger partial charge in [0.05, 0.1) is 16.9 Å². The number of nitrogens with zero attached hydrogens (tertiary/aromatic N) is 2. The summed E-state index contributed by atoms with van der Waals surface area (Å²) in [6.45, 7) is 4.03. The van der Waals surface area contributed by atoms with E-state index in [4.69, 9.17) is 0 Å². The van der Waals surface area contributed by atoms with Crippen molar-refractivity contribution in [1.29, 1.82) is 0 Å². The second-order valence-electron chi connectivity index (χ2n) is 5.41. The van der Waals surface area contributed by atoms with Crippen LogP contribution in [-0.2, 0) is 0 Å². The Bertz CT molecular complexity index is 934. The van der Waals surface area contributed by atoms with E-state index in [9.17, 15) is 0 Å². The zero-order valence-electron chi connectivity index (χ0n) is 12.0. The van der Waals surface area contributed by atoms with Gasteiger partial charge in [0, 0.05) is 16.3 Å². The highest BCUT2D eigenvalue weighted by molar-refractivity contribution is 5.95. The third-order valence-electron chi connectivity index (χ3n) is 3.75. The van der Waals surface area contributed by atoms with Crippen LogP contribution in [0, 0.1) is 13.8 Å². The highest BCUT2D eigenvalue weighted by Crippen LogP contribution is 2.28. The van der Waals surface area contributed by atoms with E-state index in [0.29, 0.717) is 0 Å². The molecule has 3 nitrogen and oxygen atoms in total. The lowest BCUT2D eigenvalue weighted by atomic mass is 10.1. The molecule has 0 saturated heterocycles. The minimum Gasteiger partial charge on any atom is -0.353 e. The fraction of sp³-hybridized carbons (Fsp3) is 0.111. The molecule has 0 radical (unpaired) electrons. The number of hydrogen-bond acceptors (Lipinski definition) is 2. The van der Waals surface area contributed by atoms with Crippen LogP contribution >= 0.6 is 0 Å². The van der Waals surface area contributed by atoms with Crippen molar-refractivity contribution in [2.75, 3.05) is 0 Å². The van der Waals surface area contributed by atoms with Crippen molar-refractivity contribution < 1.29 is 0 Å². The molecule has 0 amide bonds. The van der Waals surface area contributed by atoms with Gasteiger partial charge in [0.2, 0.25) is 0 Å². The number of rotatable bonds is 1. The molecule has 2 aromatic heterocycles. The summed E-state index contributed by atoms with van der Waals surface area (Å²) in [5.74, 6) is 0.792. The normalized spacial score (nSPS) is 11.3. The molecule has 0 aliphatic rings. The fourth-order valence-electron chi connectivity index (χ4n) is 2.76. The SMILES string of the molecule is Cc1ccc2nc(C)nc(-c3cc4ccccc4[nH]3)c2c1. The first-order valence-electron chi connectivity index (χ1n) is 7.04. The number of para-hydroxylation sites is 1. The van der Waals surface area contributed by atoms with E-state index in [0.717, 1.165) is 33.6 Å². The molecule has 4 rings (SSSR count). The molecule has 0 unspecified atom stereocenters. The van der Waals surface area contributed by atoms with Crippen molar-refractivity contribution in [3.63, 3.8) is 0 Å². The maximum absolute atomic E-state index is 4.67. The third kappa shape index (κ3) is 1.98. The lowest BCUT2D eigenvalue weighted by Crippen LogP contribution is -1.94. The van der Waals surface area contributed by atoms with Gasteiger partial charge in [-0.15, -0.1) is 0 Å². The Balaban J connectivity index is 2.06. The van der Waals surface area contributed by atoms with Gasteiger partial charge >= 0.3 is 0 Å². The Morgan fingerprint density at radius 2 is 1.76 bits per heavy atom. The maximum Gasteiger partial charge on any atom is 0.126 e. The van der Waals surface area contributed by atoms with Crippen LogP contribution in [0.4, 0.5) is 0 Å². The maximum atomic E-state index is 4.67. The molecule has 0 saturated carbocycles. The number of H-pyrrole nitrogens is 1. The van der Waals surface area contributed by atoms with Gasteiger partial charge in [-0.1, -0.05) is 29.8 Å². The molecule has 0 aliphatic heterocycles. The molecule has 2 heterocycles. The van der Waals surface area contributed by atoms with Crippen molar-refractivity contribution in [2.24, 2.45) is 0 Å². The van der Waals surface area contributed by atoms with Crippen molar-refractivity contribution in [3.05, 3.63) is 59.9 Å². The number of hydrogen-bond donors (Lipinski definition) is 1. The van der Waals surface area contributed by atoms with Crippen LogP contribution in [0.1, 0.15) is 11.4 Å². The van der Waals surface area contributed by atoms with Gasteiger partial charge < -0.3 is 4.98 Å². The number of benzene rings is 2. The Kier molecular flexibility index (Phi) is 2.54. The average Bonchev–Trinajstić information content (AvgIpc) is 2.90. The van der Waals surface area contributed by atoms with Crippen molar-refractivity contribution >= 4 is 21.8 Å². The summed E-state index contributed by atoms with van der Waals surface area (Å²) in [5.41, 5.74) is 5.34.